The highest BCUT2D eigenvalue weighted by atomic mass is 16.4. The van der Waals surface area contributed by atoms with Gasteiger partial charge in [0.1, 0.15) is 0 Å². The molecule has 2 rings (SSSR count). The Labute approximate surface area is 115 Å². The highest BCUT2D eigenvalue weighted by molar-refractivity contribution is 4.91. The summed E-state index contributed by atoms with van der Waals surface area (Å²) in [7, 11) is 0. The van der Waals surface area contributed by atoms with Crippen LogP contribution in [0.2, 0.25) is 0 Å². The molecule has 1 aliphatic heterocycles. The van der Waals surface area contributed by atoms with Crippen molar-refractivity contribution in [2.75, 3.05) is 19.7 Å². The maximum Gasteiger partial charge on any atom is 0.233 e. The van der Waals surface area contributed by atoms with Crippen molar-refractivity contribution < 1.29 is 9.52 Å². The van der Waals surface area contributed by atoms with Crippen LogP contribution in [0.1, 0.15) is 51.4 Å². The van der Waals surface area contributed by atoms with E-state index in [-0.39, 0.29) is 12.6 Å². The second-order valence-corrected chi connectivity index (χ2v) is 5.99. The van der Waals surface area contributed by atoms with Crippen LogP contribution >= 0.6 is 0 Å². The summed E-state index contributed by atoms with van der Waals surface area (Å²) in [5.74, 6) is 2.34. The molecule has 0 aromatic carbocycles. The van der Waals surface area contributed by atoms with Gasteiger partial charge in [-0.2, -0.15) is 0 Å². The summed E-state index contributed by atoms with van der Waals surface area (Å²) in [6, 6.07) is 0.141. The summed E-state index contributed by atoms with van der Waals surface area (Å²) in [4.78, 5) is 2.33. The van der Waals surface area contributed by atoms with E-state index in [4.69, 9.17) is 4.42 Å². The molecule has 0 saturated carbocycles. The van der Waals surface area contributed by atoms with Gasteiger partial charge in [0.15, 0.2) is 0 Å². The third kappa shape index (κ3) is 3.76. The molecule has 1 aromatic heterocycles. The lowest BCUT2D eigenvalue weighted by Crippen LogP contribution is -2.38. The number of nitrogens with zero attached hydrogens (tertiary/aromatic N) is 3. The van der Waals surface area contributed by atoms with Gasteiger partial charge in [-0.3, -0.25) is 4.90 Å². The molecule has 0 aliphatic carbocycles. The third-order valence-corrected chi connectivity index (χ3v) is 3.78. The standard InChI is InChI=1S/C14H25N3O2/c1-10(2)7-13-15-16-14(19-13)11(3)17-6-4-5-12(8-17)9-18/h10-12,18H,4-9H2,1-3H3. The van der Waals surface area contributed by atoms with Gasteiger partial charge >= 0.3 is 0 Å². The molecule has 2 atom stereocenters. The van der Waals surface area contributed by atoms with E-state index in [0.717, 1.165) is 38.2 Å². The van der Waals surface area contributed by atoms with Crippen molar-refractivity contribution in [1.29, 1.82) is 0 Å². The van der Waals surface area contributed by atoms with Gasteiger partial charge in [0.2, 0.25) is 11.8 Å². The molecule has 0 bridgehead atoms. The number of rotatable bonds is 5. The Morgan fingerprint density at radius 3 is 2.84 bits per heavy atom. The highest BCUT2D eigenvalue weighted by Crippen LogP contribution is 2.26. The van der Waals surface area contributed by atoms with Crippen LogP contribution in [-0.4, -0.2) is 39.9 Å². The highest BCUT2D eigenvalue weighted by Gasteiger charge is 2.27. The van der Waals surface area contributed by atoms with Crippen LogP contribution < -0.4 is 0 Å². The first-order valence-electron chi connectivity index (χ1n) is 7.27. The molecule has 1 fully saturated rings. The van der Waals surface area contributed by atoms with Gasteiger partial charge in [0.05, 0.1) is 6.04 Å². The van der Waals surface area contributed by atoms with E-state index in [1.165, 1.54) is 0 Å². The van der Waals surface area contributed by atoms with Crippen LogP contribution in [0, 0.1) is 11.8 Å². The van der Waals surface area contributed by atoms with Crippen LogP contribution in [0.25, 0.3) is 0 Å². The van der Waals surface area contributed by atoms with Crippen molar-refractivity contribution in [2.45, 2.75) is 46.1 Å². The second-order valence-electron chi connectivity index (χ2n) is 5.99. The minimum absolute atomic E-state index is 0.141. The SMILES string of the molecule is CC(C)Cc1nnc(C(C)N2CCCC(CO)C2)o1. The summed E-state index contributed by atoms with van der Waals surface area (Å²) in [6.07, 6.45) is 3.07. The number of aromatic nitrogens is 2. The predicted molar refractivity (Wildman–Crippen MR) is 72.6 cm³/mol. The van der Waals surface area contributed by atoms with Gasteiger partial charge < -0.3 is 9.52 Å². The first-order valence-corrected chi connectivity index (χ1v) is 7.27. The minimum atomic E-state index is 0.141. The Morgan fingerprint density at radius 1 is 1.37 bits per heavy atom. The van der Waals surface area contributed by atoms with E-state index in [1.807, 2.05) is 0 Å². The second kappa shape index (κ2) is 6.48. The lowest BCUT2D eigenvalue weighted by Gasteiger charge is -2.34. The Balaban J connectivity index is 1.98. The zero-order valence-electron chi connectivity index (χ0n) is 12.2. The Hall–Kier alpha value is -0.940. The third-order valence-electron chi connectivity index (χ3n) is 3.78. The summed E-state index contributed by atoms with van der Waals surface area (Å²) in [6.45, 7) is 8.62. The molecule has 5 nitrogen and oxygen atoms in total. The van der Waals surface area contributed by atoms with Crippen molar-refractivity contribution in [2.24, 2.45) is 11.8 Å². The zero-order valence-corrected chi connectivity index (χ0v) is 12.2. The molecular weight excluding hydrogens is 242 g/mol. The average Bonchev–Trinajstić information content (AvgIpc) is 2.85. The molecule has 0 spiro atoms. The molecular formula is C14H25N3O2. The minimum Gasteiger partial charge on any atom is -0.424 e. The topological polar surface area (TPSA) is 62.4 Å². The van der Waals surface area contributed by atoms with Crippen molar-refractivity contribution in [3.63, 3.8) is 0 Å². The summed E-state index contributed by atoms with van der Waals surface area (Å²) < 4.78 is 5.75. The van der Waals surface area contributed by atoms with Gasteiger partial charge in [-0.1, -0.05) is 13.8 Å². The largest absolute Gasteiger partial charge is 0.424 e. The van der Waals surface area contributed by atoms with Crippen molar-refractivity contribution in [3.8, 4) is 0 Å². The van der Waals surface area contributed by atoms with Gasteiger partial charge in [0.25, 0.3) is 0 Å². The lowest BCUT2D eigenvalue weighted by atomic mass is 9.98. The van der Waals surface area contributed by atoms with Gasteiger partial charge in [-0.05, 0) is 38.1 Å². The fraction of sp³-hybridized carbons (Fsp3) is 0.857. The molecule has 1 aliphatic rings. The molecule has 108 valence electrons. The Kier molecular flexibility index (Phi) is 4.93. The van der Waals surface area contributed by atoms with E-state index in [2.05, 4.69) is 35.9 Å². The smallest absolute Gasteiger partial charge is 0.233 e. The monoisotopic (exact) mass is 267 g/mol. The van der Waals surface area contributed by atoms with Crippen molar-refractivity contribution >= 4 is 0 Å². The van der Waals surface area contributed by atoms with Gasteiger partial charge in [-0.15, -0.1) is 10.2 Å². The molecule has 19 heavy (non-hydrogen) atoms. The summed E-state index contributed by atoms with van der Waals surface area (Å²) in [5, 5.41) is 17.6. The lowest BCUT2D eigenvalue weighted by molar-refractivity contribution is 0.0831. The van der Waals surface area contributed by atoms with E-state index in [9.17, 15) is 5.11 Å². The number of piperidine rings is 1. The maximum absolute atomic E-state index is 9.29. The molecule has 2 unspecified atom stereocenters. The maximum atomic E-state index is 9.29. The first-order chi connectivity index (χ1) is 9.10. The number of aliphatic hydroxyl groups is 1. The predicted octanol–water partition coefficient (Wildman–Crippen LogP) is 2.03. The van der Waals surface area contributed by atoms with Gasteiger partial charge in [0, 0.05) is 19.6 Å². The number of likely N-dealkylation sites (tertiary alicyclic amines) is 1. The molecule has 0 radical (unpaired) electrons. The van der Waals surface area contributed by atoms with Crippen LogP contribution in [0.15, 0.2) is 4.42 Å². The molecule has 0 amide bonds. The van der Waals surface area contributed by atoms with Crippen LogP contribution in [0.5, 0.6) is 0 Å². The van der Waals surface area contributed by atoms with Crippen LogP contribution in [-0.2, 0) is 6.42 Å². The van der Waals surface area contributed by atoms with E-state index >= 15 is 0 Å². The fourth-order valence-electron chi connectivity index (χ4n) is 2.62. The van der Waals surface area contributed by atoms with Crippen molar-refractivity contribution in [1.82, 2.24) is 15.1 Å². The van der Waals surface area contributed by atoms with Crippen LogP contribution in [0.4, 0.5) is 0 Å². The number of aliphatic hydroxyl groups excluding tert-OH is 1. The first kappa shape index (κ1) is 14.5. The Bertz CT molecular complexity index is 392. The van der Waals surface area contributed by atoms with E-state index in [1.54, 1.807) is 0 Å². The van der Waals surface area contributed by atoms with Gasteiger partial charge in [-0.25, -0.2) is 0 Å². The molecule has 1 N–H and O–H groups in total. The van der Waals surface area contributed by atoms with E-state index in [0.29, 0.717) is 17.7 Å². The number of hydrogen-bond acceptors (Lipinski definition) is 5. The number of hydrogen-bond donors (Lipinski definition) is 1. The normalized spacial score (nSPS) is 22.9. The fourth-order valence-corrected chi connectivity index (χ4v) is 2.62. The molecule has 1 aromatic rings. The average molecular weight is 267 g/mol. The summed E-state index contributed by atoms with van der Waals surface area (Å²) >= 11 is 0. The quantitative estimate of drug-likeness (QED) is 0.884. The molecule has 1 saturated heterocycles. The van der Waals surface area contributed by atoms with Crippen LogP contribution in [0.3, 0.4) is 0 Å². The van der Waals surface area contributed by atoms with E-state index < -0.39 is 0 Å². The molecule has 5 heteroatoms. The summed E-state index contributed by atoms with van der Waals surface area (Å²) in [5.41, 5.74) is 0. The van der Waals surface area contributed by atoms with Crippen molar-refractivity contribution in [3.05, 3.63) is 11.8 Å². The Morgan fingerprint density at radius 2 is 2.16 bits per heavy atom. The zero-order chi connectivity index (χ0) is 13.8. The molecule has 2 heterocycles.